The van der Waals surface area contributed by atoms with E-state index < -0.39 is 48.4 Å². The number of aliphatic carboxylic acids is 1. The second-order valence-corrected chi connectivity index (χ2v) is 8.58. The number of carboxylic acids is 1. The summed E-state index contributed by atoms with van der Waals surface area (Å²) in [5.74, 6) is -2.19. The Hall–Kier alpha value is -2.63. The fourth-order valence-electron chi connectivity index (χ4n) is 3.06. The maximum absolute atomic E-state index is 13.0. The number of hydrogen-bond donors (Lipinski definition) is 6. The van der Waals surface area contributed by atoms with Gasteiger partial charge in [0.2, 0.25) is 17.7 Å². The van der Waals surface area contributed by atoms with E-state index in [-0.39, 0.29) is 0 Å². The highest BCUT2D eigenvalue weighted by molar-refractivity contribution is 7.98. The number of carboxylic acid groups (broad SMARTS) is 1. The fraction of sp³-hybridized carbons (Fsp3) is 0.545. The van der Waals surface area contributed by atoms with Gasteiger partial charge in [0.05, 0.1) is 6.04 Å². The Bertz CT molecular complexity index is 765. The minimum atomic E-state index is -1.18. The number of nitrogens with one attached hydrogen (secondary N) is 3. The van der Waals surface area contributed by atoms with Gasteiger partial charge >= 0.3 is 5.97 Å². The molecule has 184 valence electrons. The highest BCUT2D eigenvalue weighted by atomic mass is 32.2. The van der Waals surface area contributed by atoms with Gasteiger partial charge in [-0.1, -0.05) is 30.3 Å². The third-order valence-corrected chi connectivity index (χ3v) is 5.52. The van der Waals surface area contributed by atoms with Crippen molar-refractivity contribution in [3.8, 4) is 0 Å². The predicted molar refractivity (Wildman–Crippen MR) is 129 cm³/mol. The van der Waals surface area contributed by atoms with Gasteiger partial charge in [0.25, 0.3) is 0 Å². The van der Waals surface area contributed by atoms with Gasteiger partial charge in [-0.2, -0.15) is 11.8 Å². The first-order valence-corrected chi connectivity index (χ1v) is 12.3. The molecular weight excluding hydrogens is 446 g/mol. The molecule has 0 saturated carbocycles. The minimum absolute atomic E-state index is 0.315. The Morgan fingerprint density at radius 2 is 1.61 bits per heavy atom. The van der Waals surface area contributed by atoms with Crippen molar-refractivity contribution in [2.24, 2.45) is 11.5 Å². The summed E-state index contributed by atoms with van der Waals surface area (Å²) >= 11 is 1.49. The fourth-order valence-corrected chi connectivity index (χ4v) is 3.54. The van der Waals surface area contributed by atoms with Crippen LogP contribution in [-0.4, -0.2) is 72.0 Å². The minimum Gasteiger partial charge on any atom is -0.480 e. The first kappa shape index (κ1) is 28.4. The highest BCUT2D eigenvalue weighted by Gasteiger charge is 2.28. The second-order valence-electron chi connectivity index (χ2n) is 7.60. The van der Waals surface area contributed by atoms with Crippen molar-refractivity contribution < 1.29 is 24.3 Å². The van der Waals surface area contributed by atoms with Gasteiger partial charge < -0.3 is 32.5 Å². The number of hydrogen-bond acceptors (Lipinski definition) is 7. The molecule has 3 amide bonds. The SMILES string of the molecule is CSCCC(NC(=O)C(CCCCN)NC(=O)C(N)Cc1ccccc1)C(=O)NCC(=O)O. The van der Waals surface area contributed by atoms with Crippen molar-refractivity contribution in [2.75, 3.05) is 25.1 Å². The first-order chi connectivity index (χ1) is 15.8. The molecule has 0 aromatic heterocycles. The molecule has 0 heterocycles. The average molecular weight is 482 g/mol. The van der Waals surface area contributed by atoms with Gasteiger partial charge in [0.1, 0.15) is 18.6 Å². The molecule has 0 radical (unpaired) electrons. The summed E-state index contributed by atoms with van der Waals surface area (Å²) < 4.78 is 0. The predicted octanol–water partition coefficient (Wildman–Crippen LogP) is -0.391. The van der Waals surface area contributed by atoms with Crippen LogP contribution in [0.15, 0.2) is 30.3 Å². The lowest BCUT2D eigenvalue weighted by atomic mass is 10.0. The Labute approximate surface area is 198 Å². The van der Waals surface area contributed by atoms with Crippen molar-refractivity contribution in [3.63, 3.8) is 0 Å². The topological polar surface area (TPSA) is 177 Å². The van der Waals surface area contributed by atoms with Crippen LogP contribution in [0.1, 0.15) is 31.2 Å². The van der Waals surface area contributed by atoms with Crippen LogP contribution in [0.25, 0.3) is 0 Å². The summed E-state index contributed by atoms with van der Waals surface area (Å²) in [6.45, 7) is -0.0980. The number of amides is 3. The van der Waals surface area contributed by atoms with Crippen LogP contribution in [0, 0.1) is 0 Å². The maximum atomic E-state index is 13.0. The van der Waals surface area contributed by atoms with E-state index >= 15 is 0 Å². The number of carbonyl (C=O) groups is 4. The quantitative estimate of drug-likeness (QED) is 0.173. The highest BCUT2D eigenvalue weighted by Crippen LogP contribution is 2.07. The number of carbonyl (C=O) groups excluding carboxylic acids is 3. The molecule has 11 heteroatoms. The van der Waals surface area contributed by atoms with Crippen molar-refractivity contribution in [2.45, 2.75) is 50.2 Å². The van der Waals surface area contributed by atoms with Crippen LogP contribution in [0.5, 0.6) is 0 Å². The molecular formula is C22H35N5O5S. The molecule has 0 aliphatic carbocycles. The van der Waals surface area contributed by atoms with Gasteiger partial charge in [0, 0.05) is 0 Å². The van der Waals surface area contributed by atoms with Gasteiger partial charge in [-0.05, 0) is 56.2 Å². The monoisotopic (exact) mass is 481 g/mol. The lowest BCUT2D eigenvalue weighted by Gasteiger charge is -2.24. The molecule has 0 aliphatic rings. The molecule has 3 unspecified atom stereocenters. The number of benzene rings is 1. The van der Waals surface area contributed by atoms with Crippen LogP contribution in [0.3, 0.4) is 0 Å². The molecule has 33 heavy (non-hydrogen) atoms. The Morgan fingerprint density at radius 3 is 2.21 bits per heavy atom. The zero-order chi connectivity index (χ0) is 24.6. The van der Waals surface area contributed by atoms with Gasteiger partial charge in [-0.25, -0.2) is 0 Å². The van der Waals surface area contributed by atoms with E-state index in [0.717, 1.165) is 5.56 Å². The standard InChI is InChI=1S/C22H35N5O5S/c1-33-12-10-18(21(31)25-14-19(28)29)27-22(32)17(9-5-6-11-23)26-20(30)16(24)13-15-7-3-2-4-8-15/h2-4,7-8,16-18H,5-6,9-14,23-24H2,1H3,(H,25,31)(H,26,30)(H,27,32)(H,28,29). The van der Waals surface area contributed by atoms with Crippen molar-refractivity contribution >= 4 is 35.5 Å². The molecule has 10 nitrogen and oxygen atoms in total. The van der Waals surface area contributed by atoms with Crippen LogP contribution >= 0.6 is 11.8 Å². The third-order valence-electron chi connectivity index (χ3n) is 4.87. The van der Waals surface area contributed by atoms with Gasteiger partial charge in [-0.3, -0.25) is 19.2 Å². The van der Waals surface area contributed by atoms with E-state index in [1.165, 1.54) is 11.8 Å². The average Bonchev–Trinajstić information content (AvgIpc) is 2.79. The summed E-state index contributed by atoms with van der Waals surface area (Å²) in [4.78, 5) is 48.8. The number of rotatable bonds is 16. The van der Waals surface area contributed by atoms with Gasteiger partial charge in [-0.15, -0.1) is 0 Å². The van der Waals surface area contributed by atoms with Crippen LogP contribution in [0.4, 0.5) is 0 Å². The molecule has 3 atom stereocenters. The summed E-state index contributed by atoms with van der Waals surface area (Å²) in [6.07, 6.45) is 4.10. The van der Waals surface area contributed by atoms with E-state index in [1.807, 2.05) is 36.6 Å². The van der Waals surface area contributed by atoms with E-state index in [2.05, 4.69) is 16.0 Å². The van der Waals surface area contributed by atoms with E-state index in [1.54, 1.807) is 0 Å². The van der Waals surface area contributed by atoms with Crippen LogP contribution in [-0.2, 0) is 25.6 Å². The smallest absolute Gasteiger partial charge is 0.322 e. The summed E-state index contributed by atoms with van der Waals surface area (Å²) in [6, 6.07) is 6.65. The Morgan fingerprint density at radius 1 is 0.970 bits per heavy atom. The zero-order valence-corrected chi connectivity index (χ0v) is 19.7. The lowest BCUT2D eigenvalue weighted by molar-refractivity contribution is -0.138. The van der Waals surface area contributed by atoms with Crippen molar-refractivity contribution in [1.82, 2.24) is 16.0 Å². The molecule has 0 fully saturated rings. The van der Waals surface area contributed by atoms with E-state index in [9.17, 15) is 19.2 Å². The Kier molecular flexibility index (Phi) is 13.8. The molecule has 0 spiro atoms. The molecule has 8 N–H and O–H groups in total. The summed E-state index contributed by atoms with van der Waals surface area (Å²) in [5.41, 5.74) is 12.5. The summed E-state index contributed by atoms with van der Waals surface area (Å²) in [5, 5.41) is 16.4. The molecule has 1 rings (SSSR count). The van der Waals surface area contributed by atoms with E-state index in [0.29, 0.717) is 44.4 Å². The van der Waals surface area contributed by atoms with Gasteiger partial charge in [0.15, 0.2) is 0 Å². The molecule has 0 saturated heterocycles. The number of unbranched alkanes of at least 4 members (excludes halogenated alkanes) is 1. The first-order valence-electron chi connectivity index (χ1n) is 10.9. The van der Waals surface area contributed by atoms with Crippen molar-refractivity contribution in [1.29, 1.82) is 0 Å². The van der Waals surface area contributed by atoms with Crippen molar-refractivity contribution in [3.05, 3.63) is 35.9 Å². The van der Waals surface area contributed by atoms with Crippen LogP contribution in [0.2, 0.25) is 0 Å². The normalized spacial score (nSPS) is 13.4. The molecule has 1 aromatic rings. The number of nitrogens with two attached hydrogens (primary N) is 2. The Balaban J connectivity index is 2.83. The van der Waals surface area contributed by atoms with Crippen LogP contribution < -0.4 is 27.4 Å². The second kappa shape index (κ2) is 16.1. The molecule has 1 aromatic carbocycles. The zero-order valence-electron chi connectivity index (χ0n) is 18.9. The van der Waals surface area contributed by atoms with E-state index in [4.69, 9.17) is 16.6 Å². The lowest BCUT2D eigenvalue weighted by Crippen LogP contribution is -2.56. The summed E-state index contributed by atoms with van der Waals surface area (Å²) in [7, 11) is 0. The largest absolute Gasteiger partial charge is 0.480 e. The maximum Gasteiger partial charge on any atom is 0.322 e. The molecule has 0 bridgehead atoms. The third kappa shape index (κ3) is 11.7. The number of thioether (sulfide) groups is 1. The molecule has 0 aliphatic heterocycles.